The number of alkyl halides is 1. The van der Waals surface area contributed by atoms with Crippen LogP contribution in [0.1, 0.15) is 115 Å². The summed E-state index contributed by atoms with van der Waals surface area (Å²) in [7, 11) is -4.02. The first-order chi connectivity index (χ1) is 32.7. The number of para-hydroxylation sites is 1. The fourth-order valence-electron chi connectivity index (χ4n) is 10.8. The highest BCUT2D eigenvalue weighted by molar-refractivity contribution is 7.91. The number of hydrogen-bond acceptors (Lipinski definition) is 12. The smallest absolute Gasteiger partial charge is 0.408 e. The zero-order chi connectivity index (χ0) is 48.2. The number of piperidine rings is 1. The Hall–Kier alpha value is -5.04. The van der Waals surface area contributed by atoms with Crippen molar-refractivity contribution < 1.29 is 61.0 Å². The van der Waals surface area contributed by atoms with Gasteiger partial charge in [-0.2, -0.15) is 0 Å². The molecule has 6 fully saturated rings. The summed E-state index contributed by atoms with van der Waals surface area (Å²) < 4.78 is 60.7. The van der Waals surface area contributed by atoms with E-state index in [-0.39, 0.29) is 50.1 Å². The number of ether oxygens (including phenoxy) is 3. The number of benzene rings is 1. The standard InChI is InChI=1S/C48H65FN6O9S.CH2O2/c1-3-32-28-48(32,45(58)53-65(60,61)47(2)20-21-47)52-42(56)38-27-34-29-55(38)44(57)40(30-12-6-4-7-13-30)51-46(59)64-39-26-31(39)14-8-5-9-16-36-41(62-33-18-23-54(24-19-33)25-22-49)35-15-10-11-17-37(35)50-43(36)63-34;2-1-3/h3,10-11,15,17,30-34,38-40H,1,4-9,12-14,16,18-29H2,2H3,(H,51,59)(H,52,56)(H,53,58);1H,(H,2,3)/t31-,32-,34-,38+,39-,40+,48-;/m1./s1. The van der Waals surface area contributed by atoms with Gasteiger partial charge in [-0.05, 0) is 88.7 Å². The second-order valence-electron chi connectivity index (χ2n) is 20.3. The van der Waals surface area contributed by atoms with Crippen molar-refractivity contribution in [3.8, 4) is 11.6 Å². The minimum absolute atomic E-state index is 0.0155. The minimum atomic E-state index is -4.02. The number of hydrogen-bond donors (Lipinski definition) is 4. The largest absolute Gasteiger partial charge is 0.554 e. The van der Waals surface area contributed by atoms with Gasteiger partial charge in [0.05, 0.1) is 35.5 Å². The van der Waals surface area contributed by atoms with Gasteiger partial charge in [0.25, 0.3) is 5.91 Å². The van der Waals surface area contributed by atoms with Gasteiger partial charge in [0.2, 0.25) is 27.7 Å². The molecule has 2 aromatic rings. The van der Waals surface area contributed by atoms with Gasteiger partial charge in [0.1, 0.15) is 54.9 Å². The quantitative estimate of drug-likeness (QED) is 0.188. The van der Waals surface area contributed by atoms with Crippen LogP contribution >= 0.6 is 0 Å². The van der Waals surface area contributed by atoms with Crippen LogP contribution in [0, 0.1) is 17.8 Å². The number of nitrogens with one attached hydrogen (secondary N) is 4. The van der Waals surface area contributed by atoms with E-state index in [1.165, 1.54) is 15.9 Å². The van der Waals surface area contributed by atoms with E-state index >= 15 is 4.79 Å². The van der Waals surface area contributed by atoms with Gasteiger partial charge in [-0.1, -0.05) is 50.3 Å². The van der Waals surface area contributed by atoms with Crippen molar-refractivity contribution in [2.45, 2.75) is 157 Å². The molecule has 4 heterocycles. The number of carbonyl (C=O) groups is 5. The third-order valence-corrected chi connectivity index (χ3v) is 17.7. The molecule has 17 nitrogen and oxygen atoms in total. The topological polar surface area (TPSA) is 227 Å². The molecule has 68 heavy (non-hydrogen) atoms. The Balaban J connectivity index is 0.00000203. The first kappa shape index (κ1) is 49.4. The fourth-order valence-corrected chi connectivity index (χ4v) is 12.2. The van der Waals surface area contributed by atoms with Crippen molar-refractivity contribution in [3.63, 3.8) is 0 Å². The molecular weight excluding hydrogens is 900 g/mol. The summed E-state index contributed by atoms with van der Waals surface area (Å²) in [5.41, 5.74) is -0.0795. The molecular formula is C49H67FN6O11S. The number of rotatable bonds is 11. The van der Waals surface area contributed by atoms with Crippen molar-refractivity contribution in [2.24, 2.45) is 17.8 Å². The maximum absolute atomic E-state index is 15.1. The van der Waals surface area contributed by atoms with Gasteiger partial charge in [-0.25, -0.2) is 22.6 Å². The van der Waals surface area contributed by atoms with Crippen molar-refractivity contribution in [1.82, 2.24) is 25.2 Å². The molecule has 0 unspecified atom stereocenters. The average Bonchev–Trinajstić information content (AvgIpc) is 4.29. The monoisotopic (exact) mass is 966 g/mol. The fraction of sp³-hybridized carbons (Fsp3) is 0.673. The molecule has 4 amide bonds. The lowest BCUT2D eigenvalue weighted by atomic mass is 9.83. The molecule has 9 rings (SSSR count). The minimum Gasteiger partial charge on any atom is -0.554 e. The van der Waals surface area contributed by atoms with Crippen molar-refractivity contribution in [1.29, 1.82) is 0 Å². The van der Waals surface area contributed by atoms with Gasteiger partial charge < -0.3 is 44.5 Å². The van der Waals surface area contributed by atoms with E-state index in [1.54, 1.807) is 6.92 Å². The van der Waals surface area contributed by atoms with Crippen LogP contribution in [0.4, 0.5) is 9.18 Å². The molecule has 3 aliphatic heterocycles. The number of fused-ring (bicyclic) bond motifs is 5. The average molecular weight is 967 g/mol. The molecule has 1 aromatic carbocycles. The number of alkyl carbamates (subject to hydrolysis) is 1. The van der Waals surface area contributed by atoms with Gasteiger partial charge in [-0.15, -0.1) is 6.58 Å². The van der Waals surface area contributed by atoms with E-state index in [0.29, 0.717) is 55.8 Å². The Morgan fingerprint density at radius 1 is 1.03 bits per heavy atom. The highest BCUT2D eigenvalue weighted by Crippen LogP contribution is 2.48. The molecule has 372 valence electrons. The summed E-state index contributed by atoms with van der Waals surface area (Å²) in [5, 5.41) is 15.0. The third kappa shape index (κ3) is 10.9. The number of aromatic nitrogens is 1. The van der Waals surface area contributed by atoms with E-state index in [9.17, 15) is 27.2 Å². The molecule has 7 aliphatic rings. The van der Waals surface area contributed by atoms with Gasteiger partial charge in [0, 0.05) is 37.0 Å². The van der Waals surface area contributed by atoms with Crippen LogP contribution < -0.4 is 34.8 Å². The number of halogens is 1. The SMILES string of the molecule is C=C[C@@H]1C[C@]1(NC(=O)[C@@H]1C[C@@H]2CN1C(=O)[C@H](C1CCCCC1)NC(=O)O[C@@H]1C[C@H]1CCCCCc1c(nc3ccccc3c1OC1CC[NH+](CCF)CC1)O2)C(=O)NS(=O)(=O)C1(C)CC1.O=C[O-]. The number of quaternary nitrogens is 1. The third-order valence-electron chi connectivity index (χ3n) is 15.6. The van der Waals surface area contributed by atoms with E-state index in [1.807, 2.05) is 24.3 Å². The Bertz CT molecular complexity index is 2320. The normalized spacial score (nSPS) is 31.5. The predicted molar refractivity (Wildman–Crippen MR) is 245 cm³/mol. The van der Waals surface area contributed by atoms with Crippen LogP contribution in [0.2, 0.25) is 0 Å². The van der Waals surface area contributed by atoms with Crippen LogP contribution in [0.15, 0.2) is 36.9 Å². The first-order valence-corrected chi connectivity index (χ1v) is 26.2. The Labute approximate surface area is 397 Å². The van der Waals surface area contributed by atoms with E-state index in [0.717, 1.165) is 88.2 Å². The second-order valence-corrected chi connectivity index (χ2v) is 22.5. The molecule has 4 N–H and O–H groups in total. The van der Waals surface area contributed by atoms with Crippen LogP contribution in [-0.4, -0.2) is 122 Å². The van der Waals surface area contributed by atoms with Crippen LogP contribution in [0.5, 0.6) is 11.6 Å². The van der Waals surface area contributed by atoms with Crippen LogP contribution in [-0.2, 0) is 40.4 Å². The van der Waals surface area contributed by atoms with E-state index in [2.05, 4.69) is 21.9 Å². The zero-order valence-corrected chi connectivity index (χ0v) is 39.8. The maximum Gasteiger partial charge on any atom is 0.408 e. The van der Waals surface area contributed by atoms with E-state index < -0.39 is 74.7 Å². The Morgan fingerprint density at radius 3 is 2.40 bits per heavy atom. The summed E-state index contributed by atoms with van der Waals surface area (Å²) in [6.45, 7) is 6.68. The molecule has 0 radical (unpaired) electrons. The molecule has 1 aromatic heterocycles. The summed E-state index contributed by atoms with van der Waals surface area (Å²) in [4.78, 5) is 73.5. The number of amides is 4. The summed E-state index contributed by atoms with van der Waals surface area (Å²) in [6, 6.07) is 5.68. The maximum atomic E-state index is 15.1. The number of likely N-dealkylation sites (tertiary alicyclic amines) is 1. The second kappa shape index (κ2) is 20.9. The molecule has 4 saturated carbocycles. The summed E-state index contributed by atoms with van der Waals surface area (Å²) >= 11 is 0. The Morgan fingerprint density at radius 2 is 1.72 bits per heavy atom. The first-order valence-electron chi connectivity index (χ1n) is 24.7. The lowest BCUT2D eigenvalue weighted by molar-refractivity contribution is -0.905. The highest BCUT2D eigenvalue weighted by atomic mass is 32.2. The molecule has 7 atom stereocenters. The number of carboxylic acid groups (broad SMARTS) is 1. The molecule has 4 aliphatic carbocycles. The number of sulfonamides is 1. The summed E-state index contributed by atoms with van der Waals surface area (Å²) in [6.07, 6.45) is 11.7. The number of carbonyl (C=O) groups excluding carboxylic acids is 5. The van der Waals surface area contributed by atoms with Crippen LogP contribution in [0.25, 0.3) is 10.9 Å². The van der Waals surface area contributed by atoms with Crippen LogP contribution in [0.3, 0.4) is 0 Å². The number of nitrogens with zero attached hydrogens (tertiary/aromatic N) is 2. The van der Waals surface area contributed by atoms with Gasteiger partial charge >= 0.3 is 6.09 Å². The van der Waals surface area contributed by atoms with Crippen molar-refractivity contribution in [2.75, 3.05) is 32.9 Å². The van der Waals surface area contributed by atoms with Gasteiger partial charge in [0.15, 0.2) is 0 Å². The lowest BCUT2D eigenvalue weighted by Crippen LogP contribution is -3.13. The van der Waals surface area contributed by atoms with Crippen molar-refractivity contribution >= 4 is 51.2 Å². The van der Waals surface area contributed by atoms with Gasteiger partial charge in [-0.3, -0.25) is 19.1 Å². The molecule has 0 spiro atoms. The van der Waals surface area contributed by atoms with Crippen molar-refractivity contribution in [3.05, 3.63) is 42.5 Å². The molecule has 2 saturated heterocycles. The lowest BCUT2D eigenvalue weighted by Gasteiger charge is -2.34. The zero-order valence-electron chi connectivity index (χ0n) is 39.0. The number of pyridine rings is 1. The molecule has 2 bridgehead atoms. The Kier molecular flexibility index (Phi) is 15.2. The molecule has 19 heteroatoms. The highest BCUT2D eigenvalue weighted by Gasteiger charge is 2.63. The summed E-state index contributed by atoms with van der Waals surface area (Å²) in [5.74, 6) is -1.30. The van der Waals surface area contributed by atoms with E-state index in [4.69, 9.17) is 29.1 Å². The predicted octanol–water partition coefficient (Wildman–Crippen LogP) is 2.58.